The molecule has 0 aliphatic rings. The van der Waals surface area contributed by atoms with E-state index in [4.69, 9.17) is 0 Å². The molecule has 254 valence electrons. The van der Waals surface area contributed by atoms with Crippen molar-refractivity contribution < 1.29 is 0 Å². The van der Waals surface area contributed by atoms with Gasteiger partial charge in [0.25, 0.3) is 0 Å². The van der Waals surface area contributed by atoms with Crippen molar-refractivity contribution >= 4 is 65.4 Å². The van der Waals surface area contributed by atoms with Crippen LogP contribution in [0.1, 0.15) is 11.1 Å². The zero-order valence-electron chi connectivity index (χ0n) is 29.5. The van der Waals surface area contributed by atoms with Crippen LogP contribution in [0.15, 0.2) is 176 Å². The van der Waals surface area contributed by atoms with Gasteiger partial charge in [0.15, 0.2) is 0 Å². The topological polar surface area (TPSA) is 62.4 Å². The first-order valence-corrected chi connectivity index (χ1v) is 18.3. The number of nitriles is 2. The smallest absolute Gasteiger partial charge is 0.0999 e. The molecule has 11 aromatic rings. The van der Waals surface area contributed by atoms with Gasteiger partial charge in [0.05, 0.1) is 67.7 Å². The number of aromatic nitrogens is 3. The van der Waals surface area contributed by atoms with Crippen LogP contribution < -0.4 is 0 Å². The fourth-order valence-corrected chi connectivity index (χ4v) is 8.91. The fraction of sp³-hybridized carbons (Fsp3) is 0. The molecule has 8 aromatic carbocycles. The Labute approximate surface area is 316 Å². The number of nitrogens with zero attached hydrogens (tertiary/aromatic N) is 5. The molecule has 11 rings (SSSR count). The number of para-hydroxylation sites is 6. The summed E-state index contributed by atoms with van der Waals surface area (Å²) >= 11 is 0. The van der Waals surface area contributed by atoms with E-state index in [2.05, 4.69) is 159 Å². The van der Waals surface area contributed by atoms with Crippen LogP contribution in [0, 0.1) is 22.7 Å². The molecule has 0 amide bonds. The Morgan fingerprint density at radius 1 is 0.345 bits per heavy atom. The number of hydrogen-bond acceptors (Lipinski definition) is 2. The van der Waals surface area contributed by atoms with Gasteiger partial charge in [-0.05, 0) is 54.1 Å². The predicted octanol–water partition coefficient (Wildman–Crippen LogP) is 12.4. The van der Waals surface area contributed by atoms with Gasteiger partial charge in [-0.1, -0.05) is 127 Å². The van der Waals surface area contributed by atoms with E-state index < -0.39 is 0 Å². The van der Waals surface area contributed by atoms with Crippen LogP contribution in [-0.4, -0.2) is 13.7 Å². The SMILES string of the molecule is N#Cc1cc(-n2c3c(-n4c5ccccc5c5ccccc54)cccc3c3cccc(-n4c5ccccc5c5ccccc54)c32)cc(C#N)c1-c1ccccc1. The number of hydrogen-bond donors (Lipinski definition) is 0. The Morgan fingerprint density at radius 3 is 1.11 bits per heavy atom. The van der Waals surface area contributed by atoms with E-state index in [9.17, 15) is 10.5 Å². The van der Waals surface area contributed by atoms with E-state index in [-0.39, 0.29) is 0 Å². The van der Waals surface area contributed by atoms with Crippen molar-refractivity contribution in [2.75, 3.05) is 0 Å². The molecule has 0 aliphatic carbocycles. The molecule has 0 radical (unpaired) electrons. The summed E-state index contributed by atoms with van der Waals surface area (Å²) in [5.41, 5.74) is 11.5. The van der Waals surface area contributed by atoms with Crippen LogP contribution in [0.2, 0.25) is 0 Å². The average Bonchev–Trinajstić information content (AvgIpc) is 3.90. The Balaban J connectivity index is 1.35. The molecule has 3 heterocycles. The average molecular weight is 700 g/mol. The molecule has 0 unspecified atom stereocenters. The first kappa shape index (κ1) is 30.7. The Kier molecular flexibility index (Phi) is 6.61. The summed E-state index contributed by atoms with van der Waals surface area (Å²) in [7, 11) is 0. The van der Waals surface area contributed by atoms with Gasteiger partial charge in [0, 0.05) is 43.6 Å². The number of fused-ring (bicyclic) bond motifs is 9. The monoisotopic (exact) mass is 699 g/mol. The normalized spacial score (nSPS) is 11.6. The van der Waals surface area contributed by atoms with Gasteiger partial charge in [0.1, 0.15) is 0 Å². The highest BCUT2D eigenvalue weighted by Crippen LogP contribution is 2.44. The van der Waals surface area contributed by atoms with Crippen LogP contribution in [-0.2, 0) is 0 Å². The van der Waals surface area contributed by atoms with Gasteiger partial charge in [0.2, 0.25) is 0 Å². The fourth-order valence-electron chi connectivity index (χ4n) is 8.91. The van der Waals surface area contributed by atoms with E-state index in [1.165, 1.54) is 21.5 Å². The quantitative estimate of drug-likeness (QED) is 0.184. The lowest BCUT2D eigenvalue weighted by molar-refractivity contribution is 1.11. The van der Waals surface area contributed by atoms with Gasteiger partial charge in [-0.2, -0.15) is 10.5 Å². The molecule has 0 saturated heterocycles. The molecular weight excluding hydrogens is 671 g/mol. The highest BCUT2D eigenvalue weighted by molar-refractivity contribution is 6.18. The van der Waals surface area contributed by atoms with E-state index in [1.807, 2.05) is 42.5 Å². The minimum Gasteiger partial charge on any atom is -0.307 e. The molecule has 0 N–H and O–H groups in total. The maximum absolute atomic E-state index is 10.8. The van der Waals surface area contributed by atoms with Crippen LogP contribution in [0.25, 0.3) is 93.6 Å². The first-order chi connectivity index (χ1) is 27.2. The molecule has 5 heteroatoms. The summed E-state index contributed by atoms with van der Waals surface area (Å²) in [5, 5.41) is 28.4. The molecule has 55 heavy (non-hydrogen) atoms. The van der Waals surface area contributed by atoms with Crippen molar-refractivity contribution in [1.29, 1.82) is 10.5 Å². The molecule has 0 spiro atoms. The van der Waals surface area contributed by atoms with E-state index in [0.29, 0.717) is 16.7 Å². The van der Waals surface area contributed by atoms with Crippen molar-refractivity contribution in [2.45, 2.75) is 0 Å². The summed E-state index contributed by atoms with van der Waals surface area (Å²) in [5.74, 6) is 0. The van der Waals surface area contributed by atoms with Crippen molar-refractivity contribution in [3.8, 4) is 40.3 Å². The van der Waals surface area contributed by atoms with Gasteiger partial charge in [-0.25, -0.2) is 0 Å². The standard InChI is InChI=1S/C50H29N5/c51-30-33-28-35(29-34(31-52)48(33)32-14-2-1-3-15-32)53-49-40(20-12-26-46(49)54-42-22-8-4-16-36(42)37-17-5-9-23-43(37)54)41-21-13-27-47(50(41)53)55-44-24-10-6-18-38(44)39-19-7-11-25-45(39)55/h1-29H. The minimum atomic E-state index is 0.443. The van der Waals surface area contributed by atoms with Crippen molar-refractivity contribution in [3.05, 3.63) is 187 Å². The van der Waals surface area contributed by atoms with E-state index in [0.717, 1.165) is 66.5 Å². The predicted molar refractivity (Wildman–Crippen MR) is 224 cm³/mol. The lowest BCUT2D eigenvalue weighted by Crippen LogP contribution is -2.04. The lowest BCUT2D eigenvalue weighted by atomic mass is 9.94. The number of benzene rings is 8. The largest absolute Gasteiger partial charge is 0.307 e. The molecule has 0 bridgehead atoms. The van der Waals surface area contributed by atoms with Crippen molar-refractivity contribution in [3.63, 3.8) is 0 Å². The zero-order valence-corrected chi connectivity index (χ0v) is 29.5. The Bertz CT molecular complexity index is 3140. The summed E-state index contributed by atoms with van der Waals surface area (Å²) in [4.78, 5) is 0. The molecule has 0 saturated carbocycles. The van der Waals surface area contributed by atoms with Gasteiger partial charge in [-0.3, -0.25) is 0 Å². The third kappa shape index (κ3) is 4.33. The third-order valence-electron chi connectivity index (χ3n) is 11.1. The molecule has 0 atom stereocenters. The summed E-state index contributed by atoms with van der Waals surface area (Å²) in [6, 6.07) is 65.8. The lowest BCUT2D eigenvalue weighted by Gasteiger charge is -2.18. The second kappa shape index (κ2) is 11.8. The van der Waals surface area contributed by atoms with Crippen molar-refractivity contribution in [2.24, 2.45) is 0 Å². The Hall–Kier alpha value is -7.86. The minimum absolute atomic E-state index is 0.443. The third-order valence-corrected chi connectivity index (χ3v) is 11.1. The number of rotatable bonds is 4. The summed E-state index contributed by atoms with van der Waals surface area (Å²) in [6.07, 6.45) is 0. The summed E-state index contributed by atoms with van der Waals surface area (Å²) < 4.78 is 7.01. The molecule has 0 aliphatic heterocycles. The van der Waals surface area contributed by atoms with Crippen LogP contribution in [0.5, 0.6) is 0 Å². The highest BCUT2D eigenvalue weighted by atomic mass is 15.1. The van der Waals surface area contributed by atoms with Crippen LogP contribution in [0.3, 0.4) is 0 Å². The maximum Gasteiger partial charge on any atom is 0.0999 e. The zero-order chi connectivity index (χ0) is 36.6. The highest BCUT2D eigenvalue weighted by Gasteiger charge is 2.25. The molecular formula is C50H29N5. The Morgan fingerprint density at radius 2 is 0.709 bits per heavy atom. The summed E-state index contributed by atoms with van der Waals surface area (Å²) in [6.45, 7) is 0. The van der Waals surface area contributed by atoms with E-state index >= 15 is 0 Å². The van der Waals surface area contributed by atoms with Crippen molar-refractivity contribution in [1.82, 2.24) is 13.7 Å². The maximum atomic E-state index is 10.8. The molecule has 0 fully saturated rings. The molecule has 3 aromatic heterocycles. The molecule has 5 nitrogen and oxygen atoms in total. The van der Waals surface area contributed by atoms with Gasteiger partial charge < -0.3 is 13.7 Å². The second-order valence-electron chi connectivity index (χ2n) is 13.9. The van der Waals surface area contributed by atoms with Crippen LogP contribution >= 0.6 is 0 Å². The van der Waals surface area contributed by atoms with E-state index in [1.54, 1.807) is 0 Å². The second-order valence-corrected chi connectivity index (χ2v) is 13.9. The van der Waals surface area contributed by atoms with Gasteiger partial charge >= 0.3 is 0 Å². The first-order valence-electron chi connectivity index (χ1n) is 18.3. The van der Waals surface area contributed by atoms with Gasteiger partial charge in [-0.15, -0.1) is 0 Å². The van der Waals surface area contributed by atoms with Crippen LogP contribution in [0.4, 0.5) is 0 Å².